The predicted octanol–water partition coefficient (Wildman–Crippen LogP) is 3.59. The van der Waals surface area contributed by atoms with Crippen molar-refractivity contribution in [2.24, 2.45) is 0 Å². The van der Waals surface area contributed by atoms with Gasteiger partial charge in [0.2, 0.25) is 5.91 Å². The highest BCUT2D eigenvalue weighted by molar-refractivity contribution is 5.83. The van der Waals surface area contributed by atoms with Crippen LogP contribution in [0, 0.1) is 6.92 Å². The standard InChI is InChI=1S/C23H22N4O2/c1-15-6-7-21-19(10-15)23-17(14-29-21)12-26-27(23)13-22(28)24-9-8-16-11-25-20-5-3-2-4-18(16)20/h2-7,10-12,25H,8-9,13-14H2,1H3,(H,24,28). The van der Waals surface area contributed by atoms with Crippen LogP contribution in [0.25, 0.3) is 22.2 Å². The van der Waals surface area contributed by atoms with E-state index >= 15 is 0 Å². The van der Waals surface area contributed by atoms with E-state index < -0.39 is 0 Å². The fourth-order valence-corrected chi connectivity index (χ4v) is 3.94. The minimum absolute atomic E-state index is 0.0450. The van der Waals surface area contributed by atoms with Crippen molar-refractivity contribution in [3.8, 4) is 17.0 Å². The second-order valence-corrected chi connectivity index (χ2v) is 7.42. The zero-order valence-corrected chi connectivity index (χ0v) is 16.2. The summed E-state index contributed by atoms with van der Waals surface area (Å²) in [4.78, 5) is 15.8. The minimum atomic E-state index is -0.0450. The van der Waals surface area contributed by atoms with E-state index in [1.165, 1.54) is 10.9 Å². The summed E-state index contributed by atoms with van der Waals surface area (Å²) >= 11 is 0. The summed E-state index contributed by atoms with van der Waals surface area (Å²) in [5, 5.41) is 8.66. The van der Waals surface area contributed by atoms with Crippen LogP contribution >= 0.6 is 0 Å². The number of carbonyl (C=O) groups excluding carboxylic acids is 1. The Balaban J connectivity index is 1.27. The van der Waals surface area contributed by atoms with Gasteiger partial charge in [-0.1, -0.05) is 29.8 Å². The molecule has 2 aromatic heterocycles. The smallest absolute Gasteiger partial charge is 0.241 e. The van der Waals surface area contributed by atoms with Crippen LogP contribution in [-0.2, 0) is 24.4 Å². The van der Waals surface area contributed by atoms with E-state index in [4.69, 9.17) is 4.74 Å². The van der Waals surface area contributed by atoms with Gasteiger partial charge in [0.05, 0.1) is 11.9 Å². The number of nitrogens with one attached hydrogen (secondary N) is 2. The van der Waals surface area contributed by atoms with E-state index in [1.54, 1.807) is 10.9 Å². The SMILES string of the molecule is Cc1ccc2c(c1)-c1c(cnn1CC(=O)NCCc1c[nH]c3ccccc13)CO2. The first kappa shape index (κ1) is 17.6. The van der Waals surface area contributed by atoms with Crippen molar-refractivity contribution in [2.75, 3.05) is 6.54 Å². The molecule has 29 heavy (non-hydrogen) atoms. The van der Waals surface area contributed by atoms with Crippen LogP contribution < -0.4 is 10.1 Å². The van der Waals surface area contributed by atoms with Gasteiger partial charge in [-0.2, -0.15) is 5.10 Å². The van der Waals surface area contributed by atoms with Gasteiger partial charge in [0.25, 0.3) is 0 Å². The molecule has 5 rings (SSSR count). The Morgan fingerprint density at radius 2 is 2.17 bits per heavy atom. The molecule has 0 saturated carbocycles. The number of nitrogens with zero attached hydrogens (tertiary/aromatic N) is 2. The number of amides is 1. The summed E-state index contributed by atoms with van der Waals surface area (Å²) in [5.41, 5.74) is 6.45. The summed E-state index contributed by atoms with van der Waals surface area (Å²) in [5.74, 6) is 0.793. The summed E-state index contributed by atoms with van der Waals surface area (Å²) in [6.45, 7) is 3.31. The topological polar surface area (TPSA) is 71.9 Å². The fourth-order valence-electron chi connectivity index (χ4n) is 3.94. The first-order valence-electron chi connectivity index (χ1n) is 9.79. The molecule has 4 aromatic rings. The number of aryl methyl sites for hydroxylation is 1. The van der Waals surface area contributed by atoms with Gasteiger partial charge >= 0.3 is 0 Å². The van der Waals surface area contributed by atoms with Crippen LogP contribution in [0.4, 0.5) is 0 Å². The summed E-state index contributed by atoms with van der Waals surface area (Å²) in [6.07, 6.45) is 4.59. The molecule has 6 heteroatoms. The molecule has 2 N–H and O–H groups in total. The zero-order valence-electron chi connectivity index (χ0n) is 16.2. The molecule has 0 fully saturated rings. The van der Waals surface area contributed by atoms with Crippen LogP contribution in [-0.4, -0.2) is 27.2 Å². The fraction of sp³-hybridized carbons (Fsp3) is 0.217. The molecule has 6 nitrogen and oxygen atoms in total. The van der Waals surface area contributed by atoms with Crippen molar-refractivity contribution in [1.82, 2.24) is 20.1 Å². The van der Waals surface area contributed by atoms with Crippen LogP contribution in [0.1, 0.15) is 16.7 Å². The Morgan fingerprint density at radius 1 is 1.28 bits per heavy atom. The average molecular weight is 386 g/mol. The number of H-pyrrole nitrogens is 1. The van der Waals surface area contributed by atoms with E-state index in [0.717, 1.165) is 40.1 Å². The van der Waals surface area contributed by atoms with Gasteiger partial charge in [0.15, 0.2) is 0 Å². The molecule has 0 atom stereocenters. The lowest BCUT2D eigenvalue weighted by atomic mass is 10.0. The molecule has 0 bridgehead atoms. The summed E-state index contributed by atoms with van der Waals surface area (Å²) in [6, 6.07) is 14.3. The zero-order chi connectivity index (χ0) is 19.8. The number of ether oxygens (including phenoxy) is 1. The van der Waals surface area contributed by atoms with Crippen molar-refractivity contribution >= 4 is 16.8 Å². The van der Waals surface area contributed by atoms with Gasteiger partial charge in [-0.25, -0.2) is 0 Å². The van der Waals surface area contributed by atoms with Gasteiger partial charge in [-0.3, -0.25) is 9.48 Å². The first-order chi connectivity index (χ1) is 14.2. The van der Waals surface area contributed by atoms with Gasteiger partial charge in [-0.05, 0) is 37.1 Å². The third-order valence-corrected chi connectivity index (χ3v) is 5.37. The largest absolute Gasteiger partial charge is 0.488 e. The van der Waals surface area contributed by atoms with E-state index in [1.807, 2.05) is 37.4 Å². The highest BCUT2D eigenvalue weighted by Gasteiger charge is 2.23. The van der Waals surface area contributed by atoms with Crippen molar-refractivity contribution in [3.63, 3.8) is 0 Å². The van der Waals surface area contributed by atoms with E-state index in [2.05, 4.69) is 33.6 Å². The van der Waals surface area contributed by atoms with Crippen molar-refractivity contribution in [1.29, 1.82) is 0 Å². The molecule has 2 aromatic carbocycles. The monoisotopic (exact) mass is 386 g/mol. The Hall–Kier alpha value is -3.54. The van der Waals surface area contributed by atoms with E-state index in [0.29, 0.717) is 13.2 Å². The maximum absolute atomic E-state index is 12.6. The number of hydrogen-bond donors (Lipinski definition) is 2. The molecule has 1 aliphatic heterocycles. The Morgan fingerprint density at radius 3 is 3.10 bits per heavy atom. The molecule has 0 aliphatic carbocycles. The quantitative estimate of drug-likeness (QED) is 0.551. The summed E-state index contributed by atoms with van der Waals surface area (Å²) < 4.78 is 7.58. The second kappa shape index (κ2) is 7.13. The number of aromatic amines is 1. The number of rotatable bonds is 5. The maximum atomic E-state index is 12.6. The third-order valence-electron chi connectivity index (χ3n) is 5.37. The molecule has 1 amide bonds. The number of para-hydroxylation sites is 1. The Labute approximate surface area is 168 Å². The highest BCUT2D eigenvalue weighted by Crippen LogP contribution is 2.37. The molecule has 1 aliphatic rings. The van der Waals surface area contributed by atoms with Crippen molar-refractivity contribution in [2.45, 2.75) is 26.5 Å². The molecule has 0 radical (unpaired) electrons. The third kappa shape index (κ3) is 3.27. The first-order valence-corrected chi connectivity index (χ1v) is 9.79. The molecule has 146 valence electrons. The minimum Gasteiger partial charge on any atom is -0.488 e. The van der Waals surface area contributed by atoms with Crippen LogP contribution in [0.15, 0.2) is 54.9 Å². The lowest BCUT2D eigenvalue weighted by Crippen LogP contribution is -2.30. The van der Waals surface area contributed by atoms with Crippen LogP contribution in [0.2, 0.25) is 0 Å². The molecule has 0 unspecified atom stereocenters. The average Bonchev–Trinajstić information content (AvgIpc) is 3.32. The number of fused-ring (bicyclic) bond motifs is 4. The van der Waals surface area contributed by atoms with Crippen molar-refractivity contribution in [3.05, 3.63) is 71.5 Å². The maximum Gasteiger partial charge on any atom is 0.241 e. The molecular formula is C23H22N4O2. The Bertz CT molecular complexity index is 1200. The van der Waals surface area contributed by atoms with Gasteiger partial charge < -0.3 is 15.0 Å². The van der Waals surface area contributed by atoms with Crippen molar-refractivity contribution < 1.29 is 9.53 Å². The number of aromatic nitrogens is 3. The molecule has 3 heterocycles. The molecular weight excluding hydrogens is 364 g/mol. The van der Waals surface area contributed by atoms with E-state index in [9.17, 15) is 4.79 Å². The van der Waals surface area contributed by atoms with Crippen LogP contribution in [0.3, 0.4) is 0 Å². The molecule has 0 saturated heterocycles. The number of hydrogen-bond acceptors (Lipinski definition) is 3. The molecule has 0 spiro atoms. The highest BCUT2D eigenvalue weighted by atomic mass is 16.5. The number of benzene rings is 2. The normalized spacial score (nSPS) is 12.3. The van der Waals surface area contributed by atoms with Gasteiger partial charge in [-0.15, -0.1) is 0 Å². The van der Waals surface area contributed by atoms with E-state index in [-0.39, 0.29) is 12.5 Å². The second-order valence-electron chi connectivity index (χ2n) is 7.42. The Kier molecular flexibility index (Phi) is 4.31. The van der Waals surface area contributed by atoms with Crippen LogP contribution in [0.5, 0.6) is 5.75 Å². The lowest BCUT2D eigenvalue weighted by Gasteiger charge is -2.19. The van der Waals surface area contributed by atoms with Gasteiger partial charge in [0.1, 0.15) is 18.9 Å². The summed E-state index contributed by atoms with van der Waals surface area (Å²) in [7, 11) is 0. The predicted molar refractivity (Wildman–Crippen MR) is 112 cm³/mol. The lowest BCUT2D eigenvalue weighted by molar-refractivity contribution is -0.121. The van der Waals surface area contributed by atoms with Gasteiger partial charge in [0, 0.05) is 34.8 Å². The number of carbonyl (C=O) groups is 1.